The molecular weight excluding hydrogens is 191 g/mol. The topological polar surface area (TPSA) is 60.4 Å². The van der Waals surface area contributed by atoms with Crippen LogP contribution in [0.15, 0.2) is 30.3 Å². The zero-order chi connectivity index (χ0) is 10.1. The summed E-state index contributed by atoms with van der Waals surface area (Å²) < 4.78 is 0. The van der Waals surface area contributed by atoms with Crippen LogP contribution in [-0.4, -0.2) is 17.7 Å². The molecule has 0 spiro atoms. The Kier molecular flexibility index (Phi) is 12.3. The predicted molar refractivity (Wildman–Crippen MR) is 48.6 cm³/mol. The van der Waals surface area contributed by atoms with Gasteiger partial charge in [0.15, 0.2) is 0 Å². The Morgan fingerprint density at radius 3 is 2.00 bits per heavy atom. The minimum atomic E-state index is -0.879. The van der Waals surface area contributed by atoms with Gasteiger partial charge in [0.05, 0.1) is 5.56 Å². The SMILES string of the molecule is CCC[O-].O=C(O)c1ccccc1.[Na+]. The number of hydrogen-bond donors (Lipinski definition) is 1. The average Bonchev–Trinajstić information content (AvgIpc) is 2.19. The van der Waals surface area contributed by atoms with E-state index in [0.29, 0.717) is 5.56 Å². The molecule has 1 aromatic rings. The molecule has 4 heteroatoms. The summed E-state index contributed by atoms with van der Waals surface area (Å²) in [6.07, 6.45) is 0.764. The second kappa shape index (κ2) is 10.7. The van der Waals surface area contributed by atoms with Crippen molar-refractivity contribution in [1.82, 2.24) is 0 Å². The molecule has 0 radical (unpaired) electrons. The third kappa shape index (κ3) is 8.26. The number of benzene rings is 1. The fraction of sp³-hybridized carbons (Fsp3) is 0.300. The maximum Gasteiger partial charge on any atom is 1.00 e. The summed E-state index contributed by atoms with van der Waals surface area (Å²) in [7, 11) is 0. The Hall–Kier alpha value is -0.350. The molecule has 1 N–H and O–H groups in total. The molecule has 0 bridgehead atoms. The summed E-state index contributed by atoms with van der Waals surface area (Å²) in [6, 6.07) is 8.30. The first-order valence-electron chi connectivity index (χ1n) is 4.08. The van der Waals surface area contributed by atoms with Crippen LogP contribution >= 0.6 is 0 Å². The number of carbonyl (C=O) groups is 1. The summed E-state index contributed by atoms with van der Waals surface area (Å²) in [4.78, 5) is 10.2. The second-order valence-corrected chi connectivity index (χ2v) is 2.38. The van der Waals surface area contributed by atoms with Gasteiger partial charge >= 0.3 is 35.5 Å². The fourth-order valence-electron chi connectivity index (χ4n) is 0.581. The van der Waals surface area contributed by atoms with Crippen LogP contribution < -0.4 is 34.7 Å². The quantitative estimate of drug-likeness (QED) is 0.575. The molecule has 0 aromatic heterocycles. The molecule has 0 heterocycles. The summed E-state index contributed by atoms with van der Waals surface area (Å²) in [6.45, 7) is 1.94. The van der Waals surface area contributed by atoms with E-state index in [4.69, 9.17) is 5.11 Å². The number of aromatic carboxylic acids is 1. The van der Waals surface area contributed by atoms with Gasteiger partial charge in [0.2, 0.25) is 0 Å². The Labute approximate surface area is 106 Å². The van der Waals surface area contributed by atoms with Crippen molar-refractivity contribution in [3.8, 4) is 0 Å². The van der Waals surface area contributed by atoms with E-state index in [-0.39, 0.29) is 36.2 Å². The van der Waals surface area contributed by atoms with Gasteiger partial charge in [-0.25, -0.2) is 4.79 Å². The third-order valence-electron chi connectivity index (χ3n) is 1.22. The van der Waals surface area contributed by atoms with Gasteiger partial charge in [0.1, 0.15) is 0 Å². The van der Waals surface area contributed by atoms with Crippen LogP contribution in [-0.2, 0) is 0 Å². The Morgan fingerprint density at radius 1 is 1.36 bits per heavy atom. The third-order valence-corrected chi connectivity index (χ3v) is 1.22. The maximum atomic E-state index is 10.2. The van der Waals surface area contributed by atoms with Crippen molar-refractivity contribution in [2.75, 3.05) is 6.61 Å². The van der Waals surface area contributed by atoms with Gasteiger partial charge in [-0.1, -0.05) is 31.5 Å². The van der Waals surface area contributed by atoms with Gasteiger partial charge in [0.25, 0.3) is 0 Å². The van der Waals surface area contributed by atoms with Crippen molar-refractivity contribution in [3.63, 3.8) is 0 Å². The zero-order valence-corrected chi connectivity index (χ0v) is 10.6. The summed E-state index contributed by atoms with van der Waals surface area (Å²) in [5.41, 5.74) is 0.331. The largest absolute Gasteiger partial charge is 1.00 e. The molecule has 3 nitrogen and oxygen atoms in total. The maximum absolute atomic E-state index is 10.2. The molecule has 0 atom stereocenters. The van der Waals surface area contributed by atoms with E-state index in [9.17, 15) is 9.90 Å². The monoisotopic (exact) mass is 204 g/mol. The van der Waals surface area contributed by atoms with E-state index < -0.39 is 5.97 Å². The van der Waals surface area contributed by atoms with Crippen molar-refractivity contribution in [2.24, 2.45) is 0 Å². The van der Waals surface area contributed by atoms with Gasteiger partial charge < -0.3 is 10.2 Å². The van der Waals surface area contributed by atoms with E-state index >= 15 is 0 Å². The molecule has 0 saturated heterocycles. The molecule has 14 heavy (non-hydrogen) atoms. The van der Waals surface area contributed by atoms with Crippen LogP contribution in [0.25, 0.3) is 0 Å². The van der Waals surface area contributed by atoms with Crippen LogP contribution in [0.3, 0.4) is 0 Å². The number of rotatable bonds is 2. The van der Waals surface area contributed by atoms with Gasteiger partial charge in [-0.05, 0) is 12.1 Å². The Bertz CT molecular complexity index is 234. The van der Waals surface area contributed by atoms with Crippen molar-refractivity contribution in [1.29, 1.82) is 0 Å². The molecule has 1 rings (SSSR count). The van der Waals surface area contributed by atoms with Crippen LogP contribution in [0.2, 0.25) is 0 Å². The van der Waals surface area contributed by atoms with Crippen LogP contribution in [0, 0.1) is 0 Å². The van der Waals surface area contributed by atoms with Crippen LogP contribution in [0.1, 0.15) is 23.7 Å². The molecule has 1 aromatic carbocycles. The second-order valence-electron chi connectivity index (χ2n) is 2.38. The number of hydrogen-bond acceptors (Lipinski definition) is 2. The molecule has 0 saturated carbocycles. The predicted octanol–water partition coefficient (Wildman–Crippen LogP) is -1.85. The van der Waals surface area contributed by atoms with Crippen molar-refractivity contribution in [2.45, 2.75) is 13.3 Å². The fourth-order valence-corrected chi connectivity index (χ4v) is 0.581. The molecule has 0 aliphatic carbocycles. The van der Waals surface area contributed by atoms with Gasteiger partial charge in [-0.15, -0.1) is 6.61 Å². The van der Waals surface area contributed by atoms with Gasteiger partial charge in [-0.3, -0.25) is 0 Å². The summed E-state index contributed by atoms with van der Waals surface area (Å²) >= 11 is 0. The molecule has 0 unspecified atom stereocenters. The number of carboxylic acids is 1. The first-order chi connectivity index (χ1) is 6.22. The Balaban J connectivity index is 0. The molecule has 0 aliphatic heterocycles. The first kappa shape index (κ1) is 16.1. The van der Waals surface area contributed by atoms with Crippen molar-refractivity contribution >= 4 is 5.97 Å². The van der Waals surface area contributed by atoms with E-state index in [1.165, 1.54) is 0 Å². The van der Waals surface area contributed by atoms with Gasteiger partial charge in [0, 0.05) is 0 Å². The van der Waals surface area contributed by atoms with Gasteiger partial charge in [-0.2, -0.15) is 0 Å². The van der Waals surface area contributed by atoms with Crippen LogP contribution in [0.5, 0.6) is 0 Å². The molecule has 0 fully saturated rings. The first-order valence-corrected chi connectivity index (χ1v) is 4.08. The van der Waals surface area contributed by atoms with E-state index in [2.05, 4.69) is 0 Å². The molecule has 0 aliphatic rings. The van der Waals surface area contributed by atoms with E-state index in [1.807, 2.05) is 6.92 Å². The van der Waals surface area contributed by atoms with E-state index in [0.717, 1.165) is 6.42 Å². The average molecular weight is 204 g/mol. The minimum Gasteiger partial charge on any atom is -0.854 e. The summed E-state index contributed by atoms with van der Waals surface area (Å²) in [5.74, 6) is -0.879. The normalized spacial score (nSPS) is 7.86. The summed E-state index contributed by atoms with van der Waals surface area (Å²) in [5, 5.41) is 17.7. The Morgan fingerprint density at radius 2 is 1.79 bits per heavy atom. The van der Waals surface area contributed by atoms with Crippen molar-refractivity contribution in [3.05, 3.63) is 35.9 Å². The van der Waals surface area contributed by atoms with Crippen molar-refractivity contribution < 1.29 is 44.6 Å². The zero-order valence-electron chi connectivity index (χ0n) is 8.56. The molecule has 0 amide bonds. The minimum absolute atomic E-state index is 0. The molecular formula is C10H13NaO3. The standard InChI is InChI=1S/C7H6O2.C3H7O.Na/c8-7(9)6-4-2-1-3-5-6;1-2-3-4;/h1-5H,(H,8,9);2-3H2,1H3;/q;-1;+1. The van der Waals surface area contributed by atoms with Crippen LogP contribution in [0.4, 0.5) is 0 Å². The smallest absolute Gasteiger partial charge is 0.854 e. The molecule has 72 valence electrons. The number of carboxylic acid groups (broad SMARTS) is 1. The van der Waals surface area contributed by atoms with E-state index in [1.54, 1.807) is 30.3 Å².